The molecule has 1 N–H and O–H groups in total. The quantitative estimate of drug-likeness (QED) is 0.236. The first-order valence-corrected chi connectivity index (χ1v) is 10.4. The average Bonchev–Trinajstić information content (AvgIpc) is 3.18. The second-order valence-electron chi connectivity index (χ2n) is 6.72. The maximum absolute atomic E-state index is 13.0. The highest BCUT2D eigenvalue weighted by molar-refractivity contribution is 6.37. The molecular weight excluding hydrogens is 478 g/mol. The van der Waals surface area contributed by atoms with Gasteiger partial charge in [0, 0.05) is 10.4 Å². The molecule has 0 saturated heterocycles. The average molecular weight is 492 g/mol. The van der Waals surface area contributed by atoms with Crippen LogP contribution in [-0.2, 0) is 6.61 Å². The van der Waals surface area contributed by atoms with Crippen LogP contribution < -0.4 is 10.2 Å². The molecule has 0 radical (unpaired) electrons. The number of hydrogen-bond acceptors (Lipinski definition) is 4. The van der Waals surface area contributed by atoms with E-state index >= 15 is 0 Å². The van der Waals surface area contributed by atoms with Crippen LogP contribution in [0.15, 0.2) is 70.2 Å². The normalized spacial score (nSPS) is 11.2. The van der Waals surface area contributed by atoms with E-state index in [1.807, 2.05) is 0 Å². The predicted molar refractivity (Wildman–Crippen MR) is 123 cm³/mol. The number of carbonyl (C=O) groups excluding carboxylic acids is 1. The predicted octanol–water partition coefficient (Wildman–Crippen LogP) is 6.88. The number of nitrogens with one attached hydrogen (secondary N) is 1. The number of nitrogens with zero attached hydrogens (tertiary/aromatic N) is 1. The summed E-state index contributed by atoms with van der Waals surface area (Å²) in [7, 11) is 0. The van der Waals surface area contributed by atoms with Gasteiger partial charge in [0.05, 0.1) is 16.3 Å². The third-order valence-electron chi connectivity index (χ3n) is 4.40. The molecule has 162 valence electrons. The molecule has 5 nitrogen and oxygen atoms in total. The third kappa shape index (κ3) is 5.22. The molecular formula is C23H14Cl3FN2O3. The molecule has 0 aliphatic carbocycles. The number of carbonyl (C=O) groups is 1. The zero-order valence-electron chi connectivity index (χ0n) is 16.2. The van der Waals surface area contributed by atoms with Crippen LogP contribution in [-0.4, -0.2) is 12.1 Å². The highest BCUT2D eigenvalue weighted by Crippen LogP contribution is 2.34. The zero-order valence-corrected chi connectivity index (χ0v) is 18.5. The van der Waals surface area contributed by atoms with Crippen LogP contribution in [0.25, 0.3) is 11.0 Å². The molecule has 0 fully saturated rings. The van der Waals surface area contributed by atoms with Crippen molar-refractivity contribution >= 4 is 57.9 Å². The molecule has 4 aromatic rings. The SMILES string of the molecule is O=C(N/N=C/c1cc(Cl)c(OCc2ccc(F)cc2)c(Cl)c1)c1cc2cc(Cl)ccc2o1. The number of benzene rings is 3. The van der Waals surface area contributed by atoms with Gasteiger partial charge in [-0.3, -0.25) is 4.79 Å². The highest BCUT2D eigenvalue weighted by atomic mass is 35.5. The number of hydrazone groups is 1. The summed E-state index contributed by atoms with van der Waals surface area (Å²) in [6.07, 6.45) is 1.39. The van der Waals surface area contributed by atoms with E-state index < -0.39 is 5.91 Å². The minimum Gasteiger partial charge on any atom is -0.486 e. The van der Waals surface area contributed by atoms with E-state index in [1.54, 1.807) is 48.5 Å². The van der Waals surface area contributed by atoms with Gasteiger partial charge < -0.3 is 9.15 Å². The number of ether oxygens (including phenoxy) is 1. The number of halogens is 4. The Labute approximate surface area is 197 Å². The summed E-state index contributed by atoms with van der Waals surface area (Å²) in [4.78, 5) is 12.3. The van der Waals surface area contributed by atoms with Crippen LogP contribution in [0.1, 0.15) is 21.7 Å². The summed E-state index contributed by atoms with van der Waals surface area (Å²) in [5.74, 6) is -0.463. The van der Waals surface area contributed by atoms with Crippen LogP contribution >= 0.6 is 34.8 Å². The number of amides is 1. The molecule has 0 unspecified atom stereocenters. The van der Waals surface area contributed by atoms with E-state index in [9.17, 15) is 9.18 Å². The van der Waals surface area contributed by atoms with Gasteiger partial charge in [-0.25, -0.2) is 9.82 Å². The Kier molecular flexibility index (Phi) is 6.65. The first-order chi connectivity index (χ1) is 15.4. The monoisotopic (exact) mass is 490 g/mol. The maximum atomic E-state index is 13.0. The van der Waals surface area contributed by atoms with Crippen LogP contribution in [0, 0.1) is 5.82 Å². The summed E-state index contributed by atoms with van der Waals surface area (Å²) < 4.78 is 24.2. The van der Waals surface area contributed by atoms with Gasteiger partial charge in [-0.15, -0.1) is 0 Å². The van der Waals surface area contributed by atoms with Gasteiger partial charge in [-0.2, -0.15) is 5.10 Å². The molecule has 0 aliphatic heterocycles. The molecule has 0 bridgehead atoms. The van der Waals surface area contributed by atoms with Gasteiger partial charge >= 0.3 is 5.91 Å². The standard InChI is InChI=1S/C23H14Cl3FN2O3/c24-16-3-6-20-15(9-16)10-21(32-20)23(30)29-28-11-14-7-18(25)22(19(26)8-14)31-12-13-1-4-17(27)5-2-13/h1-11H,12H2,(H,29,30)/b28-11+. The summed E-state index contributed by atoms with van der Waals surface area (Å²) in [6.45, 7) is 0.173. The fourth-order valence-corrected chi connectivity index (χ4v) is 3.67. The Hall–Kier alpha value is -3.06. The minimum atomic E-state index is -0.523. The number of fused-ring (bicyclic) bond motifs is 1. The summed E-state index contributed by atoms with van der Waals surface area (Å²) >= 11 is 18.5. The lowest BCUT2D eigenvalue weighted by Gasteiger charge is -2.11. The maximum Gasteiger partial charge on any atom is 0.307 e. The topological polar surface area (TPSA) is 63.8 Å². The summed E-state index contributed by atoms with van der Waals surface area (Å²) in [5, 5.41) is 5.70. The van der Waals surface area contributed by atoms with Crippen LogP contribution in [0.2, 0.25) is 15.1 Å². The highest BCUT2D eigenvalue weighted by Gasteiger charge is 2.13. The van der Waals surface area contributed by atoms with Crippen molar-refractivity contribution in [3.8, 4) is 5.75 Å². The fraction of sp³-hybridized carbons (Fsp3) is 0.0435. The fourth-order valence-electron chi connectivity index (χ4n) is 2.87. The van der Waals surface area contributed by atoms with Gasteiger partial charge in [0.25, 0.3) is 0 Å². The van der Waals surface area contributed by atoms with Gasteiger partial charge in [-0.05, 0) is 59.7 Å². The Bertz CT molecular complexity index is 1300. The lowest BCUT2D eigenvalue weighted by Crippen LogP contribution is -2.16. The Morgan fingerprint density at radius 2 is 1.75 bits per heavy atom. The molecule has 1 aromatic heterocycles. The van der Waals surface area contributed by atoms with Gasteiger partial charge in [0.1, 0.15) is 18.0 Å². The van der Waals surface area contributed by atoms with Gasteiger partial charge in [0.2, 0.25) is 0 Å². The first-order valence-electron chi connectivity index (χ1n) is 9.28. The molecule has 0 aliphatic rings. The van der Waals surface area contributed by atoms with Crippen molar-refractivity contribution in [1.82, 2.24) is 5.43 Å². The van der Waals surface area contributed by atoms with Crippen molar-refractivity contribution in [2.45, 2.75) is 6.61 Å². The molecule has 1 amide bonds. The molecule has 0 spiro atoms. The first kappa shape index (κ1) is 22.1. The van der Waals surface area contributed by atoms with E-state index in [-0.39, 0.29) is 28.2 Å². The van der Waals surface area contributed by atoms with Crippen LogP contribution in [0.3, 0.4) is 0 Å². The smallest absolute Gasteiger partial charge is 0.307 e. The zero-order chi connectivity index (χ0) is 22.7. The van der Waals surface area contributed by atoms with E-state index in [1.165, 1.54) is 18.3 Å². The second kappa shape index (κ2) is 9.61. The van der Waals surface area contributed by atoms with E-state index in [2.05, 4.69) is 10.5 Å². The largest absolute Gasteiger partial charge is 0.486 e. The molecule has 1 heterocycles. The molecule has 0 atom stereocenters. The molecule has 32 heavy (non-hydrogen) atoms. The molecule has 9 heteroatoms. The lowest BCUT2D eigenvalue weighted by atomic mass is 10.2. The van der Waals surface area contributed by atoms with Gasteiger partial charge in [0.15, 0.2) is 11.5 Å². The van der Waals surface area contributed by atoms with Crippen molar-refractivity contribution in [1.29, 1.82) is 0 Å². The van der Waals surface area contributed by atoms with Crippen molar-refractivity contribution in [3.05, 3.63) is 98.4 Å². The molecule has 3 aromatic carbocycles. The Morgan fingerprint density at radius 1 is 1.03 bits per heavy atom. The molecule has 4 rings (SSSR count). The second-order valence-corrected chi connectivity index (χ2v) is 7.97. The van der Waals surface area contributed by atoms with E-state index in [0.29, 0.717) is 27.3 Å². The van der Waals surface area contributed by atoms with E-state index in [0.717, 1.165) is 5.56 Å². The summed E-state index contributed by atoms with van der Waals surface area (Å²) in [6, 6.07) is 15.7. The van der Waals surface area contributed by atoms with Crippen molar-refractivity contribution in [3.63, 3.8) is 0 Å². The van der Waals surface area contributed by atoms with E-state index in [4.69, 9.17) is 44.0 Å². The van der Waals surface area contributed by atoms with Crippen LogP contribution in [0.4, 0.5) is 4.39 Å². The van der Waals surface area contributed by atoms with Crippen molar-refractivity contribution < 1.29 is 18.3 Å². The van der Waals surface area contributed by atoms with Gasteiger partial charge in [-0.1, -0.05) is 46.9 Å². The van der Waals surface area contributed by atoms with Crippen LogP contribution in [0.5, 0.6) is 5.75 Å². The lowest BCUT2D eigenvalue weighted by molar-refractivity contribution is 0.0929. The third-order valence-corrected chi connectivity index (χ3v) is 5.20. The van der Waals surface area contributed by atoms with Crippen molar-refractivity contribution in [2.24, 2.45) is 5.10 Å². The Balaban J connectivity index is 1.41. The van der Waals surface area contributed by atoms with Crippen molar-refractivity contribution in [2.75, 3.05) is 0 Å². The Morgan fingerprint density at radius 3 is 2.47 bits per heavy atom. The number of rotatable bonds is 6. The number of hydrogen-bond donors (Lipinski definition) is 1. The summed E-state index contributed by atoms with van der Waals surface area (Å²) in [5.41, 5.74) is 4.23. The minimum absolute atomic E-state index is 0.0972. The molecule has 0 saturated carbocycles. The number of furan rings is 1.